The number of hydrogen-bond donors (Lipinski definition) is 1. The van der Waals surface area contributed by atoms with Crippen LogP contribution in [-0.4, -0.2) is 31.3 Å². The van der Waals surface area contributed by atoms with Gasteiger partial charge in [-0.2, -0.15) is 0 Å². The van der Waals surface area contributed by atoms with Crippen molar-refractivity contribution in [2.45, 2.75) is 52.6 Å². The Kier molecular flexibility index (Phi) is 5.96. The number of nitrogens with zero attached hydrogens (tertiary/aromatic N) is 2. The second-order valence-electron chi connectivity index (χ2n) is 6.45. The molecule has 1 aromatic rings. The minimum absolute atomic E-state index is 0.0177. The van der Waals surface area contributed by atoms with E-state index in [0.717, 1.165) is 23.6 Å². The summed E-state index contributed by atoms with van der Waals surface area (Å²) in [6.07, 6.45) is 0. The summed E-state index contributed by atoms with van der Waals surface area (Å²) < 4.78 is 5.20. The van der Waals surface area contributed by atoms with Gasteiger partial charge in [-0.15, -0.1) is 0 Å². The third kappa shape index (κ3) is 4.46. The Hall–Kier alpha value is -1.13. The lowest BCUT2D eigenvalue weighted by atomic mass is 9.90. The summed E-state index contributed by atoms with van der Waals surface area (Å²) in [7, 11) is 1.73. The Morgan fingerprint density at radius 2 is 1.95 bits per heavy atom. The van der Waals surface area contributed by atoms with Gasteiger partial charge in [0.05, 0.1) is 6.61 Å². The van der Waals surface area contributed by atoms with Crippen molar-refractivity contribution >= 4 is 5.82 Å². The Morgan fingerprint density at radius 3 is 2.40 bits per heavy atom. The molecule has 0 fully saturated rings. The zero-order chi connectivity index (χ0) is 15.3. The maximum absolute atomic E-state index is 5.84. The highest BCUT2D eigenvalue weighted by atomic mass is 16.5. The van der Waals surface area contributed by atoms with Crippen LogP contribution in [0, 0.1) is 0 Å². The summed E-state index contributed by atoms with van der Waals surface area (Å²) in [4.78, 5) is 7.10. The molecule has 0 aliphatic carbocycles. The molecular formula is C16H29N3O. The zero-order valence-corrected chi connectivity index (χ0v) is 13.7. The first-order valence-electron chi connectivity index (χ1n) is 7.26. The van der Waals surface area contributed by atoms with Gasteiger partial charge < -0.3 is 15.4 Å². The predicted molar refractivity (Wildman–Crippen MR) is 85.2 cm³/mol. The maximum Gasteiger partial charge on any atom is 0.129 e. The monoisotopic (exact) mass is 279 g/mol. The number of anilines is 1. The van der Waals surface area contributed by atoms with Gasteiger partial charge in [0.25, 0.3) is 0 Å². The summed E-state index contributed by atoms with van der Waals surface area (Å²) in [6, 6.07) is 4.57. The van der Waals surface area contributed by atoms with E-state index in [9.17, 15) is 0 Å². The highest BCUT2D eigenvalue weighted by Crippen LogP contribution is 2.25. The zero-order valence-electron chi connectivity index (χ0n) is 13.7. The molecule has 0 aromatic carbocycles. The van der Waals surface area contributed by atoms with Crippen LogP contribution in [0.1, 0.15) is 45.9 Å². The second-order valence-corrected chi connectivity index (χ2v) is 6.45. The van der Waals surface area contributed by atoms with E-state index < -0.39 is 0 Å². The molecule has 1 heterocycles. The third-order valence-electron chi connectivity index (χ3n) is 3.33. The number of nitrogens with two attached hydrogens (primary N) is 1. The molecule has 0 unspecified atom stereocenters. The number of aromatic nitrogens is 1. The number of rotatable bonds is 6. The van der Waals surface area contributed by atoms with Crippen LogP contribution >= 0.6 is 0 Å². The molecule has 0 atom stereocenters. The van der Waals surface area contributed by atoms with Crippen molar-refractivity contribution in [1.29, 1.82) is 0 Å². The summed E-state index contributed by atoms with van der Waals surface area (Å²) in [5.41, 5.74) is 8.06. The largest absolute Gasteiger partial charge is 0.383 e. The molecule has 4 nitrogen and oxygen atoms in total. The average Bonchev–Trinajstić information content (AvgIpc) is 2.37. The van der Waals surface area contributed by atoms with Gasteiger partial charge in [0.2, 0.25) is 0 Å². The van der Waals surface area contributed by atoms with E-state index in [2.05, 4.69) is 51.7 Å². The Labute approximate surface area is 123 Å². The van der Waals surface area contributed by atoms with Crippen LogP contribution in [-0.2, 0) is 16.7 Å². The first-order chi connectivity index (χ1) is 9.29. The van der Waals surface area contributed by atoms with E-state index in [0.29, 0.717) is 19.2 Å². The van der Waals surface area contributed by atoms with Crippen molar-refractivity contribution in [3.8, 4) is 0 Å². The molecule has 20 heavy (non-hydrogen) atoms. The standard InChI is InChI=1S/C16H29N3O/c1-12(2)19(7-8-20-6)15-10-13(11-17)9-14(18-15)16(3,4)5/h9-10,12H,7-8,11,17H2,1-6H3. The lowest BCUT2D eigenvalue weighted by molar-refractivity contribution is 0.203. The molecule has 0 saturated carbocycles. The number of pyridine rings is 1. The van der Waals surface area contributed by atoms with E-state index in [4.69, 9.17) is 15.5 Å². The van der Waals surface area contributed by atoms with Crippen molar-refractivity contribution in [1.82, 2.24) is 4.98 Å². The van der Waals surface area contributed by atoms with Gasteiger partial charge in [-0.1, -0.05) is 20.8 Å². The summed E-state index contributed by atoms with van der Waals surface area (Å²) in [6.45, 7) is 12.9. The Bertz CT molecular complexity index is 424. The highest BCUT2D eigenvalue weighted by molar-refractivity contribution is 5.44. The smallest absolute Gasteiger partial charge is 0.129 e. The van der Waals surface area contributed by atoms with Gasteiger partial charge in [-0.05, 0) is 31.5 Å². The lowest BCUT2D eigenvalue weighted by Crippen LogP contribution is -2.35. The van der Waals surface area contributed by atoms with Gasteiger partial charge in [0.15, 0.2) is 0 Å². The van der Waals surface area contributed by atoms with Crippen molar-refractivity contribution in [3.63, 3.8) is 0 Å². The average molecular weight is 279 g/mol. The third-order valence-corrected chi connectivity index (χ3v) is 3.33. The molecule has 114 valence electrons. The van der Waals surface area contributed by atoms with Gasteiger partial charge >= 0.3 is 0 Å². The van der Waals surface area contributed by atoms with Crippen LogP contribution in [0.15, 0.2) is 12.1 Å². The Morgan fingerprint density at radius 1 is 1.30 bits per heavy atom. The van der Waals surface area contributed by atoms with E-state index in [1.807, 2.05) is 0 Å². The Balaban J connectivity index is 3.19. The minimum atomic E-state index is 0.0177. The molecule has 4 heteroatoms. The molecule has 0 amide bonds. The van der Waals surface area contributed by atoms with Gasteiger partial charge in [-0.3, -0.25) is 0 Å². The molecular weight excluding hydrogens is 250 g/mol. The van der Waals surface area contributed by atoms with Crippen molar-refractivity contribution < 1.29 is 4.74 Å². The second kappa shape index (κ2) is 7.04. The van der Waals surface area contributed by atoms with Crippen LogP contribution in [0.25, 0.3) is 0 Å². The number of methoxy groups -OCH3 is 1. The fraction of sp³-hybridized carbons (Fsp3) is 0.688. The van der Waals surface area contributed by atoms with Gasteiger partial charge in [0.1, 0.15) is 5.82 Å². The highest BCUT2D eigenvalue weighted by Gasteiger charge is 2.20. The SMILES string of the molecule is COCCN(c1cc(CN)cc(C(C)(C)C)n1)C(C)C. The number of ether oxygens (including phenoxy) is 1. The molecule has 0 radical (unpaired) electrons. The first-order valence-corrected chi connectivity index (χ1v) is 7.26. The number of hydrogen-bond acceptors (Lipinski definition) is 4. The van der Waals surface area contributed by atoms with Crippen LogP contribution < -0.4 is 10.6 Å². The topological polar surface area (TPSA) is 51.4 Å². The van der Waals surface area contributed by atoms with E-state index >= 15 is 0 Å². The molecule has 0 aliphatic rings. The predicted octanol–water partition coefficient (Wildman–Crippen LogP) is 2.70. The van der Waals surface area contributed by atoms with Crippen molar-refractivity contribution in [2.75, 3.05) is 25.2 Å². The molecule has 0 spiro atoms. The van der Waals surface area contributed by atoms with Crippen LogP contribution in [0.2, 0.25) is 0 Å². The van der Waals surface area contributed by atoms with Gasteiger partial charge in [-0.25, -0.2) is 4.98 Å². The lowest BCUT2D eigenvalue weighted by Gasteiger charge is -2.30. The fourth-order valence-corrected chi connectivity index (χ4v) is 2.05. The minimum Gasteiger partial charge on any atom is -0.383 e. The van der Waals surface area contributed by atoms with Crippen molar-refractivity contribution in [3.05, 3.63) is 23.4 Å². The fourth-order valence-electron chi connectivity index (χ4n) is 2.05. The van der Waals surface area contributed by atoms with E-state index in [-0.39, 0.29) is 5.41 Å². The maximum atomic E-state index is 5.84. The molecule has 1 rings (SSSR count). The first kappa shape index (κ1) is 16.9. The van der Waals surface area contributed by atoms with Crippen molar-refractivity contribution in [2.24, 2.45) is 5.73 Å². The molecule has 1 aromatic heterocycles. The van der Waals surface area contributed by atoms with Gasteiger partial charge in [0, 0.05) is 37.4 Å². The van der Waals surface area contributed by atoms with E-state index in [1.165, 1.54) is 0 Å². The molecule has 2 N–H and O–H groups in total. The summed E-state index contributed by atoms with van der Waals surface area (Å²) in [5.74, 6) is 0.991. The van der Waals surface area contributed by atoms with Crippen LogP contribution in [0.5, 0.6) is 0 Å². The summed E-state index contributed by atoms with van der Waals surface area (Å²) in [5, 5.41) is 0. The normalized spacial score (nSPS) is 12.0. The molecule has 0 aliphatic heterocycles. The van der Waals surface area contributed by atoms with Crippen LogP contribution in [0.4, 0.5) is 5.82 Å². The quantitative estimate of drug-likeness (QED) is 0.870. The van der Waals surface area contributed by atoms with Crippen LogP contribution in [0.3, 0.4) is 0 Å². The molecule has 0 bridgehead atoms. The summed E-state index contributed by atoms with van der Waals surface area (Å²) >= 11 is 0. The van der Waals surface area contributed by atoms with E-state index in [1.54, 1.807) is 7.11 Å². The molecule has 0 saturated heterocycles.